The van der Waals surface area contributed by atoms with Crippen LogP contribution in [0.15, 0.2) is 0 Å². The molecule has 0 aromatic carbocycles. The van der Waals surface area contributed by atoms with Crippen LogP contribution in [0.1, 0.15) is 206 Å². The lowest BCUT2D eigenvalue weighted by molar-refractivity contribution is -0.870. The molecule has 0 saturated carbocycles. The highest BCUT2D eigenvalue weighted by molar-refractivity contribution is 7.47. The summed E-state index contributed by atoms with van der Waals surface area (Å²) in [7, 11) is 1.54. The standard InChI is InChI=1S/C42H86NO8P/c1-6-8-10-12-14-16-18-20-21-23-25-27-29-31-33-35-42(45)51-40(39-50-52(46,47)49-37-36-43(3,4)5)38-48-41(44)34-32-30-28-26-24-22-19-17-15-13-11-9-7-2/h40-41,44H,6-39H2,1-5H3/p+1/t40-,41+/m1/s1. The largest absolute Gasteiger partial charge is 0.472 e. The summed E-state index contributed by atoms with van der Waals surface area (Å²) in [6.45, 7) is 4.62. The number of aliphatic hydroxyl groups excluding tert-OH is 1. The Labute approximate surface area is 321 Å². The third-order valence-electron chi connectivity index (χ3n) is 9.75. The second kappa shape index (κ2) is 36.1. The van der Waals surface area contributed by atoms with Gasteiger partial charge >= 0.3 is 13.8 Å². The summed E-state index contributed by atoms with van der Waals surface area (Å²) in [6, 6.07) is 0. The van der Waals surface area contributed by atoms with E-state index in [-0.39, 0.29) is 26.2 Å². The number of nitrogens with zero attached hydrogens (tertiary/aromatic N) is 1. The van der Waals surface area contributed by atoms with E-state index in [0.717, 1.165) is 38.5 Å². The Hall–Kier alpha value is -0.540. The van der Waals surface area contributed by atoms with Crippen LogP contribution in [0.5, 0.6) is 0 Å². The zero-order valence-electron chi connectivity index (χ0n) is 34.9. The first-order valence-electron chi connectivity index (χ1n) is 21.9. The maximum Gasteiger partial charge on any atom is 0.472 e. The lowest BCUT2D eigenvalue weighted by Crippen LogP contribution is -2.37. The Morgan fingerprint density at radius 1 is 0.577 bits per heavy atom. The number of likely N-dealkylation sites (N-methyl/N-ethyl adjacent to an activating group) is 1. The lowest BCUT2D eigenvalue weighted by Gasteiger charge is -2.24. The minimum Gasteiger partial charge on any atom is -0.457 e. The molecule has 0 amide bonds. The van der Waals surface area contributed by atoms with Gasteiger partial charge in [0.25, 0.3) is 0 Å². The molecule has 52 heavy (non-hydrogen) atoms. The Kier molecular flexibility index (Phi) is 35.7. The number of carbonyl (C=O) groups excluding carboxylic acids is 1. The van der Waals surface area contributed by atoms with E-state index < -0.39 is 26.2 Å². The van der Waals surface area contributed by atoms with E-state index in [9.17, 15) is 19.4 Å². The summed E-state index contributed by atoms with van der Waals surface area (Å²) in [5.41, 5.74) is 0. The topological polar surface area (TPSA) is 112 Å². The van der Waals surface area contributed by atoms with Crippen LogP contribution in [0.4, 0.5) is 0 Å². The summed E-state index contributed by atoms with van der Waals surface area (Å²) in [5, 5.41) is 10.4. The summed E-state index contributed by atoms with van der Waals surface area (Å²) in [5.74, 6) is -0.392. The number of phosphoric acid groups is 1. The van der Waals surface area contributed by atoms with Gasteiger partial charge in [-0.25, -0.2) is 4.57 Å². The number of quaternary nitrogens is 1. The molecule has 0 aliphatic carbocycles. The molecule has 1 unspecified atom stereocenters. The monoisotopic (exact) mass is 765 g/mol. The van der Waals surface area contributed by atoms with Gasteiger partial charge in [-0.15, -0.1) is 0 Å². The fourth-order valence-corrected chi connectivity index (χ4v) is 7.03. The van der Waals surface area contributed by atoms with Crippen molar-refractivity contribution in [1.29, 1.82) is 0 Å². The highest BCUT2D eigenvalue weighted by atomic mass is 31.2. The molecule has 0 bridgehead atoms. The zero-order valence-corrected chi connectivity index (χ0v) is 35.8. The minimum atomic E-state index is -4.34. The van der Waals surface area contributed by atoms with Crippen LogP contribution in [0.2, 0.25) is 0 Å². The number of hydrogen-bond acceptors (Lipinski definition) is 7. The SMILES string of the molecule is CCCCCCCCCCCCCCCCCC(=O)O[C@H](CO[C@H](O)CCCCCCCCCCCCCCC)COP(=O)(O)OCC[N+](C)(C)C. The molecule has 0 aromatic rings. The van der Waals surface area contributed by atoms with Crippen molar-refractivity contribution in [3.05, 3.63) is 0 Å². The zero-order chi connectivity index (χ0) is 38.6. The number of carbonyl (C=O) groups is 1. The van der Waals surface area contributed by atoms with E-state index in [1.807, 2.05) is 21.1 Å². The molecule has 0 radical (unpaired) electrons. The van der Waals surface area contributed by atoms with Crippen LogP contribution in [0, 0.1) is 0 Å². The minimum absolute atomic E-state index is 0.0509. The van der Waals surface area contributed by atoms with Crippen LogP contribution >= 0.6 is 7.82 Å². The normalized spacial score (nSPS) is 14.4. The van der Waals surface area contributed by atoms with Gasteiger partial charge in [-0.05, 0) is 19.3 Å². The molecular weight excluding hydrogens is 677 g/mol. The van der Waals surface area contributed by atoms with E-state index in [4.69, 9.17) is 18.5 Å². The summed E-state index contributed by atoms with van der Waals surface area (Å²) >= 11 is 0. The number of hydrogen-bond donors (Lipinski definition) is 2. The molecule has 10 heteroatoms. The molecule has 9 nitrogen and oxygen atoms in total. The molecule has 2 N–H and O–H groups in total. The fourth-order valence-electron chi connectivity index (χ4n) is 6.28. The Balaban J connectivity index is 4.32. The third-order valence-corrected chi connectivity index (χ3v) is 10.7. The molecule has 0 rings (SSSR count). The van der Waals surface area contributed by atoms with Gasteiger partial charge in [-0.1, -0.05) is 181 Å². The van der Waals surface area contributed by atoms with Crippen LogP contribution in [-0.2, 0) is 27.9 Å². The molecule has 0 spiro atoms. The van der Waals surface area contributed by atoms with Crippen LogP contribution in [0.3, 0.4) is 0 Å². The van der Waals surface area contributed by atoms with Crippen LogP contribution < -0.4 is 0 Å². The second-order valence-corrected chi connectivity index (χ2v) is 17.7. The number of rotatable bonds is 41. The summed E-state index contributed by atoms with van der Waals surface area (Å²) in [6.07, 6.45) is 34.0. The number of unbranched alkanes of at least 4 members (excludes halogenated alkanes) is 26. The smallest absolute Gasteiger partial charge is 0.457 e. The first kappa shape index (κ1) is 51.5. The molecule has 0 saturated heterocycles. The van der Waals surface area contributed by atoms with Crippen molar-refractivity contribution in [1.82, 2.24) is 0 Å². The number of esters is 1. The second-order valence-electron chi connectivity index (χ2n) is 16.2. The van der Waals surface area contributed by atoms with Gasteiger partial charge < -0.3 is 24.0 Å². The first-order chi connectivity index (χ1) is 25.0. The maximum absolute atomic E-state index is 12.7. The highest BCUT2D eigenvalue weighted by Gasteiger charge is 2.27. The molecule has 0 heterocycles. The predicted octanol–water partition coefficient (Wildman–Crippen LogP) is 11.8. The molecular formula is C42H87NO8P+. The predicted molar refractivity (Wildman–Crippen MR) is 216 cm³/mol. The van der Waals surface area contributed by atoms with Crippen molar-refractivity contribution in [2.24, 2.45) is 0 Å². The third kappa shape index (κ3) is 39.2. The van der Waals surface area contributed by atoms with Gasteiger partial charge in [0.15, 0.2) is 6.29 Å². The van der Waals surface area contributed by atoms with Crippen LogP contribution in [-0.4, -0.2) is 80.4 Å². The number of phosphoric ester groups is 1. The average molecular weight is 765 g/mol. The van der Waals surface area contributed by atoms with Crippen molar-refractivity contribution in [2.75, 3.05) is 47.5 Å². The van der Waals surface area contributed by atoms with Gasteiger partial charge in [0, 0.05) is 6.42 Å². The molecule has 312 valence electrons. The average Bonchev–Trinajstić information content (AvgIpc) is 3.09. The number of aliphatic hydroxyl groups is 1. The summed E-state index contributed by atoms with van der Waals surface area (Å²) in [4.78, 5) is 22.9. The van der Waals surface area contributed by atoms with Gasteiger partial charge in [-0.2, -0.15) is 0 Å². The Bertz CT molecular complexity index is 824. The van der Waals surface area contributed by atoms with E-state index in [0.29, 0.717) is 17.4 Å². The van der Waals surface area contributed by atoms with Crippen molar-refractivity contribution in [3.8, 4) is 0 Å². The maximum atomic E-state index is 12.7. The summed E-state index contributed by atoms with van der Waals surface area (Å²) < 4.78 is 34.6. The lowest BCUT2D eigenvalue weighted by atomic mass is 10.0. The molecule has 0 aromatic heterocycles. The first-order valence-corrected chi connectivity index (χ1v) is 23.4. The molecule has 0 fully saturated rings. The van der Waals surface area contributed by atoms with Crippen molar-refractivity contribution >= 4 is 13.8 Å². The molecule has 0 aliphatic heterocycles. The number of ether oxygens (including phenoxy) is 2. The molecule has 0 aliphatic rings. The van der Waals surface area contributed by atoms with Gasteiger partial charge in [0.2, 0.25) is 0 Å². The van der Waals surface area contributed by atoms with E-state index in [1.165, 1.54) is 141 Å². The van der Waals surface area contributed by atoms with Crippen molar-refractivity contribution in [3.63, 3.8) is 0 Å². The molecule has 3 atom stereocenters. The van der Waals surface area contributed by atoms with E-state index in [1.54, 1.807) is 0 Å². The van der Waals surface area contributed by atoms with Gasteiger partial charge in [-0.3, -0.25) is 13.8 Å². The van der Waals surface area contributed by atoms with E-state index >= 15 is 0 Å². The quantitative estimate of drug-likeness (QED) is 0.0208. The Morgan fingerprint density at radius 3 is 1.37 bits per heavy atom. The van der Waals surface area contributed by atoms with Gasteiger partial charge in [0.1, 0.15) is 19.3 Å². The van der Waals surface area contributed by atoms with Crippen LogP contribution in [0.25, 0.3) is 0 Å². The van der Waals surface area contributed by atoms with Gasteiger partial charge in [0.05, 0.1) is 34.4 Å². The Morgan fingerprint density at radius 2 is 0.962 bits per heavy atom. The van der Waals surface area contributed by atoms with Crippen molar-refractivity contribution < 1.29 is 42.4 Å². The van der Waals surface area contributed by atoms with Crippen molar-refractivity contribution in [2.45, 2.75) is 219 Å². The fraction of sp³-hybridized carbons (Fsp3) is 0.976. The van der Waals surface area contributed by atoms with E-state index in [2.05, 4.69) is 13.8 Å². The highest BCUT2D eigenvalue weighted by Crippen LogP contribution is 2.43.